The molecule has 1 atom stereocenters. The van der Waals surface area contributed by atoms with Gasteiger partial charge >= 0.3 is 0 Å². The van der Waals surface area contributed by atoms with Crippen molar-refractivity contribution < 1.29 is 4.79 Å². The van der Waals surface area contributed by atoms with Crippen molar-refractivity contribution in [1.82, 2.24) is 10.2 Å². The zero-order valence-electron chi connectivity index (χ0n) is 13.7. The first-order valence-corrected chi connectivity index (χ1v) is 8.91. The number of carbonyl (C=O) groups is 1. The van der Waals surface area contributed by atoms with E-state index < -0.39 is 0 Å². The van der Waals surface area contributed by atoms with Crippen LogP contribution in [0.4, 0.5) is 0 Å². The first-order chi connectivity index (χ1) is 9.97. The molecule has 2 rings (SSSR count). The van der Waals surface area contributed by atoms with Gasteiger partial charge in [0, 0.05) is 24.0 Å². The number of hydrogen-bond donors (Lipinski definition) is 1. The SMILES string of the molecule is CC(C)CNC(=O)c1ccc([C@H]2CCCN2CC(C)C)s1. The number of likely N-dealkylation sites (tertiary alicyclic amines) is 1. The van der Waals surface area contributed by atoms with Crippen LogP contribution in [0.2, 0.25) is 0 Å². The molecule has 2 heterocycles. The molecule has 0 aromatic carbocycles. The number of nitrogens with one attached hydrogen (secondary N) is 1. The number of carbonyl (C=O) groups excluding carboxylic acids is 1. The third-order valence-electron chi connectivity index (χ3n) is 3.81. The fourth-order valence-electron chi connectivity index (χ4n) is 2.87. The standard InChI is InChI=1S/C17H28N2OS/c1-12(2)10-18-17(20)16-8-7-15(21-16)14-6-5-9-19(14)11-13(3)4/h7-8,12-14H,5-6,9-11H2,1-4H3,(H,18,20)/t14-/m1/s1. The normalized spacial score (nSPS) is 19.6. The van der Waals surface area contributed by atoms with Crippen molar-refractivity contribution in [1.29, 1.82) is 0 Å². The van der Waals surface area contributed by atoms with Crippen LogP contribution in [0.5, 0.6) is 0 Å². The fraction of sp³-hybridized carbons (Fsp3) is 0.706. The van der Waals surface area contributed by atoms with Crippen molar-refractivity contribution in [2.24, 2.45) is 11.8 Å². The van der Waals surface area contributed by atoms with Crippen LogP contribution < -0.4 is 5.32 Å². The van der Waals surface area contributed by atoms with E-state index in [0.29, 0.717) is 17.9 Å². The largest absolute Gasteiger partial charge is 0.351 e. The molecule has 1 saturated heterocycles. The molecule has 0 spiro atoms. The Kier molecular flexibility index (Phi) is 5.82. The fourth-order valence-corrected chi connectivity index (χ4v) is 3.97. The second kappa shape index (κ2) is 7.41. The van der Waals surface area contributed by atoms with E-state index in [1.165, 1.54) is 24.3 Å². The molecule has 0 unspecified atom stereocenters. The lowest BCUT2D eigenvalue weighted by Crippen LogP contribution is -2.27. The summed E-state index contributed by atoms with van der Waals surface area (Å²) in [6.45, 7) is 11.9. The Morgan fingerprint density at radius 3 is 2.76 bits per heavy atom. The molecule has 1 aliphatic heterocycles. The first-order valence-electron chi connectivity index (χ1n) is 8.09. The summed E-state index contributed by atoms with van der Waals surface area (Å²) in [6, 6.07) is 4.66. The predicted molar refractivity (Wildman–Crippen MR) is 89.9 cm³/mol. The molecule has 21 heavy (non-hydrogen) atoms. The highest BCUT2D eigenvalue weighted by molar-refractivity contribution is 7.14. The van der Waals surface area contributed by atoms with E-state index in [1.54, 1.807) is 11.3 Å². The number of hydrogen-bond acceptors (Lipinski definition) is 3. The third-order valence-corrected chi connectivity index (χ3v) is 5.00. The van der Waals surface area contributed by atoms with Crippen LogP contribution >= 0.6 is 11.3 Å². The van der Waals surface area contributed by atoms with Gasteiger partial charge in [0.25, 0.3) is 5.91 Å². The van der Waals surface area contributed by atoms with Gasteiger partial charge in [-0.05, 0) is 43.4 Å². The molecule has 4 heteroatoms. The Labute approximate surface area is 132 Å². The minimum Gasteiger partial charge on any atom is -0.351 e. The summed E-state index contributed by atoms with van der Waals surface area (Å²) in [5, 5.41) is 3.00. The highest BCUT2D eigenvalue weighted by Crippen LogP contribution is 2.36. The van der Waals surface area contributed by atoms with Crippen molar-refractivity contribution >= 4 is 17.2 Å². The van der Waals surface area contributed by atoms with E-state index in [4.69, 9.17) is 0 Å². The zero-order valence-corrected chi connectivity index (χ0v) is 14.5. The Hall–Kier alpha value is -0.870. The van der Waals surface area contributed by atoms with E-state index in [9.17, 15) is 4.79 Å². The Bertz CT molecular complexity index is 467. The van der Waals surface area contributed by atoms with Crippen LogP contribution in [-0.4, -0.2) is 30.4 Å². The molecule has 1 aromatic heterocycles. The molecule has 1 aromatic rings. The summed E-state index contributed by atoms with van der Waals surface area (Å²) in [6.07, 6.45) is 2.49. The lowest BCUT2D eigenvalue weighted by Gasteiger charge is -2.25. The Morgan fingerprint density at radius 2 is 2.10 bits per heavy atom. The summed E-state index contributed by atoms with van der Waals surface area (Å²) in [5.74, 6) is 1.26. The molecule has 118 valence electrons. The van der Waals surface area contributed by atoms with Gasteiger partial charge in [0.15, 0.2) is 0 Å². The smallest absolute Gasteiger partial charge is 0.261 e. The van der Waals surface area contributed by atoms with Gasteiger partial charge in [0.05, 0.1) is 4.88 Å². The van der Waals surface area contributed by atoms with Gasteiger partial charge in [-0.15, -0.1) is 11.3 Å². The molecular formula is C17H28N2OS. The Morgan fingerprint density at radius 1 is 1.33 bits per heavy atom. The molecule has 1 amide bonds. The van der Waals surface area contributed by atoms with Gasteiger partial charge in [0.1, 0.15) is 0 Å². The first kappa shape index (κ1) is 16.5. The van der Waals surface area contributed by atoms with Gasteiger partial charge in [-0.1, -0.05) is 27.7 Å². The Balaban J connectivity index is 2.00. The lowest BCUT2D eigenvalue weighted by atomic mass is 10.1. The van der Waals surface area contributed by atoms with Crippen molar-refractivity contribution in [3.05, 3.63) is 21.9 Å². The van der Waals surface area contributed by atoms with Crippen molar-refractivity contribution in [2.75, 3.05) is 19.6 Å². The maximum absolute atomic E-state index is 12.1. The molecule has 3 nitrogen and oxygen atoms in total. The maximum Gasteiger partial charge on any atom is 0.261 e. The quantitative estimate of drug-likeness (QED) is 0.863. The number of thiophene rings is 1. The molecule has 0 saturated carbocycles. The lowest BCUT2D eigenvalue weighted by molar-refractivity contribution is 0.0953. The van der Waals surface area contributed by atoms with Crippen molar-refractivity contribution in [3.63, 3.8) is 0 Å². The van der Waals surface area contributed by atoms with Gasteiger partial charge in [-0.25, -0.2) is 0 Å². The van der Waals surface area contributed by atoms with Crippen LogP contribution in [0.25, 0.3) is 0 Å². The summed E-state index contributed by atoms with van der Waals surface area (Å²) < 4.78 is 0. The topological polar surface area (TPSA) is 32.3 Å². The van der Waals surface area contributed by atoms with Gasteiger partial charge in [-0.2, -0.15) is 0 Å². The average Bonchev–Trinajstić information content (AvgIpc) is 3.03. The molecule has 1 fully saturated rings. The second-order valence-electron chi connectivity index (χ2n) is 6.85. The van der Waals surface area contributed by atoms with E-state index in [1.807, 2.05) is 6.07 Å². The maximum atomic E-state index is 12.1. The summed E-state index contributed by atoms with van der Waals surface area (Å²) in [7, 11) is 0. The minimum absolute atomic E-state index is 0.0772. The summed E-state index contributed by atoms with van der Waals surface area (Å²) >= 11 is 1.67. The number of rotatable bonds is 6. The van der Waals surface area contributed by atoms with E-state index in [-0.39, 0.29) is 5.91 Å². The van der Waals surface area contributed by atoms with Gasteiger partial charge in [0.2, 0.25) is 0 Å². The highest BCUT2D eigenvalue weighted by Gasteiger charge is 2.28. The van der Waals surface area contributed by atoms with E-state index in [2.05, 4.69) is 44.0 Å². The molecule has 1 N–H and O–H groups in total. The third kappa shape index (κ3) is 4.55. The highest BCUT2D eigenvalue weighted by atomic mass is 32.1. The van der Waals surface area contributed by atoms with Crippen LogP contribution in [-0.2, 0) is 0 Å². The number of amides is 1. The van der Waals surface area contributed by atoms with Gasteiger partial charge < -0.3 is 5.32 Å². The molecular weight excluding hydrogens is 280 g/mol. The molecule has 0 aliphatic carbocycles. The van der Waals surface area contributed by atoms with Crippen LogP contribution in [0, 0.1) is 11.8 Å². The van der Waals surface area contributed by atoms with Gasteiger partial charge in [-0.3, -0.25) is 9.69 Å². The molecule has 0 bridgehead atoms. The number of nitrogens with zero attached hydrogens (tertiary/aromatic N) is 1. The predicted octanol–water partition coefficient (Wildman–Crippen LogP) is 3.93. The summed E-state index contributed by atoms with van der Waals surface area (Å²) in [4.78, 5) is 16.9. The summed E-state index contributed by atoms with van der Waals surface area (Å²) in [5.41, 5.74) is 0. The minimum atomic E-state index is 0.0772. The van der Waals surface area contributed by atoms with Crippen LogP contribution in [0.3, 0.4) is 0 Å². The monoisotopic (exact) mass is 308 g/mol. The van der Waals surface area contributed by atoms with E-state index in [0.717, 1.165) is 18.0 Å². The van der Waals surface area contributed by atoms with Crippen LogP contribution in [0.1, 0.15) is 61.1 Å². The molecule has 0 radical (unpaired) electrons. The van der Waals surface area contributed by atoms with Crippen LogP contribution in [0.15, 0.2) is 12.1 Å². The average molecular weight is 308 g/mol. The zero-order chi connectivity index (χ0) is 15.4. The van der Waals surface area contributed by atoms with Crippen molar-refractivity contribution in [3.8, 4) is 0 Å². The van der Waals surface area contributed by atoms with Crippen molar-refractivity contribution in [2.45, 2.75) is 46.6 Å². The van der Waals surface area contributed by atoms with E-state index >= 15 is 0 Å². The molecule has 1 aliphatic rings. The second-order valence-corrected chi connectivity index (χ2v) is 7.97.